The molecule has 1 heterocycles. The minimum Gasteiger partial charge on any atom is -0.497 e. The molecule has 1 N–H and O–H groups in total. The highest BCUT2D eigenvalue weighted by atomic mass is 16.5. The van der Waals surface area contributed by atoms with Crippen LogP contribution < -0.4 is 29.0 Å². The number of para-hydroxylation sites is 1. The molecule has 9 heteroatoms. The van der Waals surface area contributed by atoms with Crippen LogP contribution in [0.15, 0.2) is 48.7 Å². The fourth-order valence-corrected chi connectivity index (χ4v) is 3.17. The van der Waals surface area contributed by atoms with E-state index in [1.54, 1.807) is 71.0 Å². The third-order valence-corrected chi connectivity index (χ3v) is 4.85. The Kier molecular flexibility index (Phi) is 7.43. The lowest BCUT2D eigenvalue weighted by atomic mass is 10.1. The van der Waals surface area contributed by atoms with Gasteiger partial charge in [0.25, 0.3) is 5.91 Å². The van der Waals surface area contributed by atoms with Crippen LogP contribution in [0, 0.1) is 0 Å². The fourth-order valence-electron chi connectivity index (χ4n) is 3.17. The average molecular weight is 441 g/mol. The van der Waals surface area contributed by atoms with Crippen molar-refractivity contribution < 1.29 is 28.5 Å². The van der Waals surface area contributed by atoms with Gasteiger partial charge >= 0.3 is 0 Å². The lowest BCUT2D eigenvalue weighted by Crippen LogP contribution is -2.27. The van der Waals surface area contributed by atoms with E-state index >= 15 is 0 Å². The van der Waals surface area contributed by atoms with E-state index in [-0.39, 0.29) is 24.4 Å². The molecule has 0 aliphatic rings. The second-order valence-electron chi connectivity index (χ2n) is 6.81. The summed E-state index contributed by atoms with van der Waals surface area (Å²) in [5, 5.41) is 7.23. The number of hydrogen-bond acceptors (Lipinski definition) is 7. The van der Waals surface area contributed by atoms with Crippen LogP contribution in [0.3, 0.4) is 0 Å². The van der Waals surface area contributed by atoms with E-state index in [9.17, 15) is 4.79 Å². The molecule has 0 spiro atoms. The summed E-state index contributed by atoms with van der Waals surface area (Å²) >= 11 is 0. The minimum atomic E-state index is -0.327. The molecule has 0 aliphatic carbocycles. The second-order valence-corrected chi connectivity index (χ2v) is 6.81. The smallest absolute Gasteiger partial charge is 0.272 e. The molecule has 0 saturated carbocycles. The number of nitrogens with one attached hydrogen (secondary N) is 1. The number of nitrogens with zero attached hydrogens (tertiary/aromatic N) is 2. The molecule has 0 aliphatic heterocycles. The van der Waals surface area contributed by atoms with Crippen molar-refractivity contribution in [3.05, 3.63) is 59.9 Å². The van der Waals surface area contributed by atoms with Crippen molar-refractivity contribution in [2.24, 2.45) is 0 Å². The van der Waals surface area contributed by atoms with Crippen molar-refractivity contribution in [2.45, 2.75) is 19.7 Å². The van der Waals surface area contributed by atoms with Gasteiger partial charge in [0.15, 0.2) is 18.2 Å². The number of aromatic nitrogens is 2. The minimum absolute atomic E-state index is 0.0727. The molecule has 1 aromatic heterocycles. The highest BCUT2D eigenvalue weighted by molar-refractivity contribution is 5.92. The third-order valence-electron chi connectivity index (χ3n) is 4.85. The standard InChI is InChI=1S/C23H27N3O6/c1-15(17-13-16(28-2)9-10-19(17)29-3)24-23(27)18-11-12-26(25-18)14-32-22-20(30-4)7-6-8-21(22)31-5/h6-13,15H,14H2,1-5H3,(H,24,27). The molecule has 0 bridgehead atoms. The Hall–Kier alpha value is -3.88. The number of carbonyl (C=O) groups is 1. The van der Waals surface area contributed by atoms with Gasteiger partial charge in [-0.1, -0.05) is 6.07 Å². The van der Waals surface area contributed by atoms with Gasteiger partial charge in [-0.05, 0) is 43.3 Å². The van der Waals surface area contributed by atoms with Gasteiger partial charge in [0.2, 0.25) is 5.75 Å². The van der Waals surface area contributed by atoms with Gasteiger partial charge in [-0.2, -0.15) is 5.10 Å². The largest absolute Gasteiger partial charge is 0.497 e. The van der Waals surface area contributed by atoms with Gasteiger partial charge in [0.05, 0.1) is 34.5 Å². The summed E-state index contributed by atoms with van der Waals surface area (Å²) in [6.45, 7) is 1.94. The maximum Gasteiger partial charge on any atom is 0.272 e. The SMILES string of the molecule is COc1ccc(OC)c(C(C)NC(=O)c2ccn(COc3c(OC)cccc3OC)n2)c1. The van der Waals surface area contributed by atoms with Crippen molar-refractivity contribution in [3.8, 4) is 28.7 Å². The molecule has 0 fully saturated rings. The average Bonchev–Trinajstić information content (AvgIpc) is 3.31. The van der Waals surface area contributed by atoms with E-state index in [2.05, 4.69) is 10.4 Å². The van der Waals surface area contributed by atoms with Crippen molar-refractivity contribution in [1.82, 2.24) is 15.1 Å². The maximum absolute atomic E-state index is 12.7. The molecule has 2 aromatic carbocycles. The number of benzene rings is 2. The topological polar surface area (TPSA) is 93.1 Å². The molecular formula is C23H27N3O6. The first kappa shape index (κ1) is 22.8. The normalized spacial score (nSPS) is 11.4. The highest BCUT2D eigenvalue weighted by Gasteiger charge is 2.18. The van der Waals surface area contributed by atoms with E-state index in [1.807, 2.05) is 13.0 Å². The van der Waals surface area contributed by atoms with Crippen LogP contribution in [0.4, 0.5) is 0 Å². The lowest BCUT2D eigenvalue weighted by Gasteiger charge is -2.17. The van der Waals surface area contributed by atoms with Crippen LogP contribution in [0.1, 0.15) is 29.0 Å². The summed E-state index contributed by atoms with van der Waals surface area (Å²) in [7, 11) is 6.27. The zero-order valence-electron chi connectivity index (χ0n) is 18.7. The first-order valence-electron chi connectivity index (χ1n) is 9.90. The Bertz CT molecular complexity index is 1040. The number of hydrogen-bond donors (Lipinski definition) is 1. The van der Waals surface area contributed by atoms with Crippen molar-refractivity contribution in [3.63, 3.8) is 0 Å². The summed E-state index contributed by atoms with van der Waals surface area (Å²) in [5.74, 6) is 2.54. The van der Waals surface area contributed by atoms with Gasteiger partial charge < -0.3 is 29.0 Å². The van der Waals surface area contributed by atoms with Crippen LogP contribution in [0.5, 0.6) is 28.7 Å². The maximum atomic E-state index is 12.7. The van der Waals surface area contributed by atoms with Crippen LogP contribution in [0.25, 0.3) is 0 Å². The van der Waals surface area contributed by atoms with Gasteiger partial charge in [0.1, 0.15) is 17.2 Å². The Labute approximate surface area is 186 Å². The predicted octanol–water partition coefficient (Wildman–Crippen LogP) is 3.45. The molecule has 3 rings (SSSR count). The van der Waals surface area contributed by atoms with Gasteiger partial charge in [-0.25, -0.2) is 4.68 Å². The van der Waals surface area contributed by atoms with E-state index < -0.39 is 0 Å². The molecule has 1 unspecified atom stereocenters. The summed E-state index contributed by atoms with van der Waals surface area (Å²) in [5.41, 5.74) is 1.06. The molecule has 170 valence electrons. The van der Waals surface area contributed by atoms with Crippen LogP contribution in [-0.4, -0.2) is 44.1 Å². The summed E-state index contributed by atoms with van der Waals surface area (Å²) < 4.78 is 28.7. The Morgan fingerprint density at radius 2 is 1.66 bits per heavy atom. The quantitative estimate of drug-likeness (QED) is 0.515. The first-order valence-corrected chi connectivity index (χ1v) is 9.90. The Balaban J connectivity index is 1.68. The third kappa shape index (κ3) is 5.05. The fraction of sp³-hybridized carbons (Fsp3) is 0.304. The molecule has 32 heavy (non-hydrogen) atoms. The van der Waals surface area contributed by atoms with E-state index in [1.165, 1.54) is 4.68 Å². The molecule has 0 radical (unpaired) electrons. The van der Waals surface area contributed by atoms with Crippen molar-refractivity contribution in [1.29, 1.82) is 0 Å². The van der Waals surface area contributed by atoms with E-state index in [0.29, 0.717) is 28.7 Å². The Morgan fingerprint density at radius 3 is 2.28 bits per heavy atom. The highest BCUT2D eigenvalue weighted by Crippen LogP contribution is 2.37. The van der Waals surface area contributed by atoms with Crippen LogP contribution in [-0.2, 0) is 6.73 Å². The molecule has 1 atom stereocenters. The molecule has 0 saturated heterocycles. The first-order chi connectivity index (χ1) is 15.5. The number of methoxy groups -OCH3 is 4. The van der Waals surface area contributed by atoms with Gasteiger partial charge in [0, 0.05) is 11.8 Å². The zero-order chi connectivity index (χ0) is 23.1. The molecule has 3 aromatic rings. The lowest BCUT2D eigenvalue weighted by molar-refractivity contribution is 0.0932. The predicted molar refractivity (Wildman–Crippen MR) is 118 cm³/mol. The van der Waals surface area contributed by atoms with Crippen molar-refractivity contribution in [2.75, 3.05) is 28.4 Å². The van der Waals surface area contributed by atoms with E-state index in [0.717, 1.165) is 5.56 Å². The van der Waals surface area contributed by atoms with Gasteiger partial charge in [-0.3, -0.25) is 4.79 Å². The number of carbonyl (C=O) groups excluding carboxylic acids is 1. The number of amides is 1. The summed E-state index contributed by atoms with van der Waals surface area (Å²) in [6, 6.07) is 12.1. The van der Waals surface area contributed by atoms with Crippen molar-refractivity contribution >= 4 is 5.91 Å². The summed E-state index contributed by atoms with van der Waals surface area (Å²) in [4.78, 5) is 12.7. The second kappa shape index (κ2) is 10.4. The van der Waals surface area contributed by atoms with Gasteiger partial charge in [-0.15, -0.1) is 0 Å². The molecule has 1 amide bonds. The summed E-state index contributed by atoms with van der Waals surface area (Å²) in [6.07, 6.45) is 1.66. The Morgan fingerprint density at radius 1 is 0.969 bits per heavy atom. The van der Waals surface area contributed by atoms with Crippen LogP contribution >= 0.6 is 0 Å². The van der Waals surface area contributed by atoms with Crippen LogP contribution in [0.2, 0.25) is 0 Å². The molecular weight excluding hydrogens is 414 g/mol. The number of rotatable bonds is 10. The van der Waals surface area contributed by atoms with E-state index in [4.69, 9.17) is 23.7 Å². The number of ether oxygens (including phenoxy) is 5. The monoisotopic (exact) mass is 441 g/mol. The molecule has 9 nitrogen and oxygen atoms in total. The zero-order valence-corrected chi connectivity index (χ0v) is 18.7.